The van der Waals surface area contributed by atoms with Crippen LogP contribution in [0.4, 0.5) is 0 Å². The Morgan fingerprint density at radius 2 is 2.27 bits per heavy atom. The number of nitrogens with two attached hydrogens (primary N) is 2. The Kier molecular flexibility index (Phi) is 2.77. The molecule has 2 aromatic rings. The SMILES string of the molecule is NN=C(N)SCc1nc2ccccc2o1. The van der Waals surface area contributed by atoms with Crippen LogP contribution in [0.1, 0.15) is 5.89 Å². The molecule has 0 saturated heterocycles. The molecule has 0 radical (unpaired) electrons. The lowest BCUT2D eigenvalue weighted by atomic mass is 10.3. The van der Waals surface area contributed by atoms with E-state index in [1.165, 1.54) is 11.8 Å². The van der Waals surface area contributed by atoms with Crippen LogP contribution in [0, 0.1) is 0 Å². The van der Waals surface area contributed by atoms with Crippen LogP contribution in [0.25, 0.3) is 11.1 Å². The Morgan fingerprint density at radius 1 is 1.47 bits per heavy atom. The van der Waals surface area contributed by atoms with Crippen molar-refractivity contribution in [2.45, 2.75) is 5.75 Å². The van der Waals surface area contributed by atoms with E-state index in [9.17, 15) is 0 Å². The number of oxazole rings is 1. The summed E-state index contributed by atoms with van der Waals surface area (Å²) in [5.74, 6) is 6.15. The van der Waals surface area contributed by atoms with Crippen LogP contribution < -0.4 is 11.6 Å². The number of amidine groups is 1. The van der Waals surface area contributed by atoms with Gasteiger partial charge < -0.3 is 16.0 Å². The van der Waals surface area contributed by atoms with Crippen molar-refractivity contribution in [1.29, 1.82) is 0 Å². The molecule has 0 aliphatic heterocycles. The predicted octanol–water partition coefficient (Wildman–Crippen LogP) is 1.25. The molecule has 0 spiro atoms. The second-order valence-corrected chi connectivity index (χ2v) is 3.83. The van der Waals surface area contributed by atoms with Crippen molar-refractivity contribution in [3.63, 3.8) is 0 Å². The second-order valence-electron chi connectivity index (χ2n) is 2.83. The fourth-order valence-corrected chi connectivity index (χ4v) is 1.62. The Hall–Kier alpha value is -1.69. The van der Waals surface area contributed by atoms with E-state index >= 15 is 0 Å². The highest BCUT2D eigenvalue weighted by molar-refractivity contribution is 8.13. The summed E-state index contributed by atoms with van der Waals surface area (Å²) in [4.78, 5) is 4.28. The molecule has 0 bridgehead atoms. The minimum Gasteiger partial charge on any atom is -0.440 e. The van der Waals surface area contributed by atoms with Crippen LogP contribution in [-0.2, 0) is 5.75 Å². The van der Waals surface area contributed by atoms with Gasteiger partial charge in [-0.1, -0.05) is 23.9 Å². The first-order chi connectivity index (χ1) is 7.29. The van der Waals surface area contributed by atoms with Crippen LogP contribution >= 0.6 is 11.8 Å². The summed E-state index contributed by atoms with van der Waals surface area (Å²) < 4.78 is 5.48. The largest absolute Gasteiger partial charge is 0.440 e. The average molecular weight is 222 g/mol. The molecular formula is C9H10N4OS. The molecule has 0 fully saturated rings. The number of aromatic nitrogens is 1. The van der Waals surface area contributed by atoms with Crippen molar-refractivity contribution in [3.8, 4) is 0 Å². The summed E-state index contributed by atoms with van der Waals surface area (Å²) in [6.07, 6.45) is 0. The molecule has 2 rings (SSSR count). The van der Waals surface area contributed by atoms with Crippen molar-refractivity contribution in [3.05, 3.63) is 30.2 Å². The lowest BCUT2D eigenvalue weighted by Crippen LogP contribution is -2.09. The molecule has 5 nitrogen and oxygen atoms in total. The number of rotatable bonds is 2. The molecule has 1 heterocycles. The van der Waals surface area contributed by atoms with Gasteiger partial charge in [-0.05, 0) is 12.1 Å². The molecule has 6 heteroatoms. The van der Waals surface area contributed by atoms with Gasteiger partial charge in [0.15, 0.2) is 10.8 Å². The van der Waals surface area contributed by atoms with Crippen molar-refractivity contribution in [2.75, 3.05) is 0 Å². The maximum absolute atomic E-state index is 5.48. The lowest BCUT2D eigenvalue weighted by molar-refractivity contribution is 0.556. The van der Waals surface area contributed by atoms with Crippen LogP contribution in [0.3, 0.4) is 0 Å². The minimum absolute atomic E-state index is 0.317. The van der Waals surface area contributed by atoms with Crippen molar-refractivity contribution in [2.24, 2.45) is 16.7 Å². The molecule has 4 N–H and O–H groups in total. The average Bonchev–Trinajstić information content (AvgIpc) is 2.68. The van der Waals surface area contributed by atoms with Gasteiger partial charge in [-0.15, -0.1) is 0 Å². The molecule has 0 unspecified atom stereocenters. The topological polar surface area (TPSA) is 90.4 Å². The van der Waals surface area contributed by atoms with E-state index in [0.29, 0.717) is 16.8 Å². The third kappa shape index (κ3) is 2.21. The number of hydrazone groups is 1. The van der Waals surface area contributed by atoms with Gasteiger partial charge in [-0.25, -0.2) is 4.98 Å². The molecule has 0 aliphatic rings. The molecule has 1 aromatic carbocycles. The molecular weight excluding hydrogens is 212 g/mol. The Balaban J connectivity index is 2.15. The summed E-state index contributed by atoms with van der Waals surface area (Å²) in [6, 6.07) is 7.59. The fourth-order valence-electron chi connectivity index (χ4n) is 1.15. The van der Waals surface area contributed by atoms with Gasteiger partial charge in [0.25, 0.3) is 0 Å². The van der Waals surface area contributed by atoms with E-state index < -0.39 is 0 Å². The van der Waals surface area contributed by atoms with E-state index in [-0.39, 0.29) is 0 Å². The van der Waals surface area contributed by atoms with Gasteiger partial charge >= 0.3 is 0 Å². The summed E-state index contributed by atoms with van der Waals surface area (Å²) in [5.41, 5.74) is 7.05. The van der Waals surface area contributed by atoms with Gasteiger partial charge in [0, 0.05) is 0 Å². The molecule has 15 heavy (non-hydrogen) atoms. The number of hydrogen-bond acceptors (Lipinski definition) is 5. The van der Waals surface area contributed by atoms with Gasteiger partial charge in [-0.3, -0.25) is 0 Å². The van der Waals surface area contributed by atoms with E-state index in [1.807, 2.05) is 24.3 Å². The Labute approximate surface area is 90.5 Å². The third-order valence-corrected chi connectivity index (χ3v) is 2.60. The lowest BCUT2D eigenvalue weighted by Gasteiger charge is -1.93. The second kappa shape index (κ2) is 4.22. The molecule has 0 saturated carbocycles. The fraction of sp³-hybridized carbons (Fsp3) is 0.111. The highest BCUT2D eigenvalue weighted by atomic mass is 32.2. The maximum Gasteiger partial charge on any atom is 0.205 e. The number of para-hydroxylation sites is 2. The summed E-state index contributed by atoms with van der Waals surface area (Å²) in [7, 11) is 0. The monoisotopic (exact) mass is 222 g/mol. The number of thioether (sulfide) groups is 1. The van der Waals surface area contributed by atoms with Crippen molar-refractivity contribution >= 4 is 28.0 Å². The van der Waals surface area contributed by atoms with Crippen LogP contribution in [0.2, 0.25) is 0 Å². The number of benzene rings is 1. The normalized spacial score (nSPS) is 12.1. The summed E-state index contributed by atoms with van der Waals surface area (Å²) in [6.45, 7) is 0. The van der Waals surface area contributed by atoms with E-state index in [1.54, 1.807) is 0 Å². The smallest absolute Gasteiger partial charge is 0.205 e. The van der Waals surface area contributed by atoms with Crippen molar-refractivity contribution in [1.82, 2.24) is 4.98 Å². The Morgan fingerprint density at radius 3 is 3.00 bits per heavy atom. The zero-order chi connectivity index (χ0) is 10.7. The zero-order valence-corrected chi connectivity index (χ0v) is 8.70. The molecule has 1 aromatic heterocycles. The first kappa shape index (κ1) is 9.85. The Bertz CT molecular complexity index is 461. The molecule has 0 amide bonds. The van der Waals surface area contributed by atoms with Gasteiger partial charge in [0.05, 0.1) is 5.75 Å². The van der Waals surface area contributed by atoms with Crippen LogP contribution in [0.15, 0.2) is 33.8 Å². The van der Waals surface area contributed by atoms with E-state index in [2.05, 4.69) is 10.1 Å². The zero-order valence-electron chi connectivity index (χ0n) is 7.88. The standard InChI is InChI=1S/C9H10N4OS/c10-9(13-11)15-5-8-12-6-3-1-2-4-7(6)14-8/h1-4H,5,11H2,(H2,10,13). The predicted molar refractivity (Wildman–Crippen MR) is 61.1 cm³/mol. The first-order valence-electron chi connectivity index (χ1n) is 4.30. The maximum atomic E-state index is 5.48. The minimum atomic E-state index is 0.317. The molecule has 78 valence electrons. The highest BCUT2D eigenvalue weighted by Crippen LogP contribution is 2.18. The van der Waals surface area contributed by atoms with Crippen LogP contribution in [0.5, 0.6) is 0 Å². The van der Waals surface area contributed by atoms with Gasteiger partial charge in [-0.2, -0.15) is 5.10 Å². The quantitative estimate of drug-likeness (QED) is 0.345. The number of hydrogen-bond donors (Lipinski definition) is 2. The summed E-state index contributed by atoms with van der Waals surface area (Å²) in [5, 5.41) is 3.66. The highest BCUT2D eigenvalue weighted by Gasteiger charge is 2.05. The van der Waals surface area contributed by atoms with Gasteiger partial charge in [0.2, 0.25) is 5.89 Å². The van der Waals surface area contributed by atoms with Crippen LogP contribution in [-0.4, -0.2) is 10.2 Å². The van der Waals surface area contributed by atoms with E-state index in [0.717, 1.165) is 11.1 Å². The molecule has 0 aliphatic carbocycles. The number of fused-ring (bicyclic) bond motifs is 1. The summed E-state index contributed by atoms with van der Waals surface area (Å²) >= 11 is 1.29. The first-order valence-corrected chi connectivity index (χ1v) is 5.29. The molecule has 0 atom stereocenters. The third-order valence-electron chi connectivity index (χ3n) is 1.81. The van der Waals surface area contributed by atoms with E-state index in [4.69, 9.17) is 16.0 Å². The van der Waals surface area contributed by atoms with Crippen molar-refractivity contribution < 1.29 is 4.42 Å². The van der Waals surface area contributed by atoms with Gasteiger partial charge in [0.1, 0.15) is 5.52 Å². The number of nitrogens with zero attached hydrogens (tertiary/aromatic N) is 2.